The number of hydrogen-bond acceptors (Lipinski definition) is 11. The Hall–Kier alpha value is -3.87. The minimum Gasteiger partial charge on any atom is -0.387 e. The molecule has 1 aliphatic heterocycles. The first-order chi connectivity index (χ1) is 21.0. The van der Waals surface area contributed by atoms with E-state index in [4.69, 9.17) is 10.5 Å². The number of aromatic nitrogens is 5. The lowest BCUT2D eigenvalue weighted by atomic mass is 10.1. The van der Waals surface area contributed by atoms with Crippen LogP contribution in [0, 0.1) is 0 Å². The third-order valence-corrected chi connectivity index (χ3v) is 8.47. The zero-order chi connectivity index (χ0) is 32.0. The minimum absolute atomic E-state index is 0.0150. The van der Waals surface area contributed by atoms with Crippen LogP contribution in [0.3, 0.4) is 0 Å². The number of carbonyl (C=O) groups is 1. The summed E-state index contributed by atoms with van der Waals surface area (Å²) in [6, 6.07) is 7.55. The smallest absolute Gasteiger partial charge is 0.301 e. The predicted octanol–water partition coefficient (Wildman–Crippen LogP) is -0.266. The highest BCUT2D eigenvalue weighted by atomic mass is 32.2. The third-order valence-electron chi connectivity index (χ3n) is 7.42. The van der Waals surface area contributed by atoms with Crippen molar-refractivity contribution >= 4 is 44.1 Å². The second kappa shape index (κ2) is 14.3. The lowest BCUT2D eigenvalue weighted by Crippen LogP contribution is -2.45. The van der Waals surface area contributed by atoms with Gasteiger partial charge in [-0.3, -0.25) is 19.1 Å². The molecule has 1 fully saturated rings. The van der Waals surface area contributed by atoms with E-state index in [1.807, 2.05) is 29.0 Å². The van der Waals surface area contributed by atoms with Crippen molar-refractivity contribution in [2.75, 3.05) is 31.9 Å². The number of aryl methyl sites for hydroxylation is 1. The van der Waals surface area contributed by atoms with Crippen molar-refractivity contribution in [3.63, 3.8) is 0 Å². The van der Waals surface area contributed by atoms with Gasteiger partial charge in [-0.05, 0) is 37.7 Å². The van der Waals surface area contributed by atoms with E-state index in [-0.39, 0.29) is 23.5 Å². The number of nitrogens with zero attached hydrogens (tertiary/aromatic N) is 4. The molecule has 3 aromatic heterocycles. The number of fused-ring (bicyclic) bond motifs is 2. The van der Waals surface area contributed by atoms with Gasteiger partial charge in [0.1, 0.15) is 18.3 Å². The van der Waals surface area contributed by atoms with Crippen molar-refractivity contribution in [2.24, 2.45) is 0 Å². The van der Waals surface area contributed by atoms with Crippen LogP contribution >= 0.6 is 0 Å². The van der Waals surface area contributed by atoms with E-state index in [2.05, 4.69) is 50.3 Å². The first-order valence-corrected chi connectivity index (χ1v) is 15.8. The third kappa shape index (κ3) is 7.61. The molecule has 1 aliphatic rings. The average Bonchev–Trinajstić information content (AvgIpc) is 3.68. The molecule has 0 unspecified atom stereocenters. The maximum Gasteiger partial charge on any atom is 0.301 e. The summed E-state index contributed by atoms with van der Waals surface area (Å²) < 4.78 is 35.7. The molecule has 0 radical (unpaired) electrons. The number of ether oxygens (including phenoxy) is 1. The van der Waals surface area contributed by atoms with Gasteiger partial charge in [-0.1, -0.05) is 39.0 Å². The number of aliphatic hydroxyl groups excluding tert-OH is 2. The van der Waals surface area contributed by atoms with E-state index in [0.717, 1.165) is 16.5 Å². The first kappa shape index (κ1) is 33.0. The maximum absolute atomic E-state index is 12.4. The molecule has 17 heteroatoms. The van der Waals surface area contributed by atoms with Crippen LogP contribution in [0.2, 0.25) is 0 Å². The van der Waals surface area contributed by atoms with Gasteiger partial charge in [0.05, 0.1) is 6.33 Å². The Balaban J connectivity index is 0.000000566. The second-order valence-corrected chi connectivity index (χ2v) is 11.7. The Morgan fingerprint density at radius 1 is 1.16 bits per heavy atom. The number of nitrogen functional groups attached to an aromatic ring is 1. The Labute approximate surface area is 253 Å². The van der Waals surface area contributed by atoms with Crippen molar-refractivity contribution in [1.29, 1.82) is 0 Å². The molecule has 1 aromatic carbocycles. The average molecular weight is 634 g/mol. The van der Waals surface area contributed by atoms with Crippen LogP contribution in [0.4, 0.5) is 5.95 Å². The van der Waals surface area contributed by atoms with Gasteiger partial charge in [0.15, 0.2) is 17.4 Å². The van der Waals surface area contributed by atoms with Gasteiger partial charge in [-0.2, -0.15) is 18.1 Å². The fourth-order valence-corrected chi connectivity index (χ4v) is 5.80. The fourth-order valence-electron chi connectivity index (χ4n) is 4.94. The van der Waals surface area contributed by atoms with Crippen LogP contribution in [-0.4, -0.2) is 98.4 Å². The summed E-state index contributed by atoms with van der Waals surface area (Å²) in [5.74, 6) is -0.903. The lowest BCUT2D eigenvalue weighted by molar-refractivity contribution is -0.119. The number of carbonyl (C=O) groups excluding carboxylic acids is 1. The Morgan fingerprint density at radius 2 is 1.86 bits per heavy atom. The molecule has 44 heavy (non-hydrogen) atoms. The molecule has 1 saturated heterocycles. The molecule has 4 aromatic rings. The number of anilines is 1. The summed E-state index contributed by atoms with van der Waals surface area (Å²) in [6.07, 6.45) is -2.20. The van der Waals surface area contributed by atoms with Crippen molar-refractivity contribution in [2.45, 2.75) is 58.2 Å². The number of nitrogens with one attached hydrogen (secondary N) is 4. The van der Waals surface area contributed by atoms with Crippen LogP contribution in [0.5, 0.6) is 0 Å². The molecule has 0 spiro atoms. The van der Waals surface area contributed by atoms with E-state index in [0.29, 0.717) is 6.42 Å². The summed E-state index contributed by atoms with van der Waals surface area (Å²) in [7, 11) is -4.28. The van der Waals surface area contributed by atoms with Crippen molar-refractivity contribution in [1.82, 2.24) is 38.8 Å². The molecule has 0 saturated carbocycles. The molecular formula is C27H39N9O7S. The summed E-state index contributed by atoms with van der Waals surface area (Å²) >= 11 is 0. The summed E-state index contributed by atoms with van der Waals surface area (Å²) in [4.78, 5) is 39.9. The molecule has 5 rings (SSSR count). The molecule has 8 N–H and O–H groups in total. The highest BCUT2D eigenvalue weighted by Gasteiger charge is 2.44. The number of benzene rings is 1. The molecule has 4 atom stereocenters. The number of para-hydroxylation sites is 1. The zero-order valence-corrected chi connectivity index (χ0v) is 25.5. The van der Waals surface area contributed by atoms with Crippen molar-refractivity contribution in [3.05, 3.63) is 52.7 Å². The highest BCUT2D eigenvalue weighted by Crippen LogP contribution is 2.31. The quantitative estimate of drug-likeness (QED) is 0.114. The predicted molar refractivity (Wildman–Crippen MR) is 164 cm³/mol. The van der Waals surface area contributed by atoms with Gasteiger partial charge in [0.2, 0.25) is 11.9 Å². The summed E-state index contributed by atoms with van der Waals surface area (Å²) in [5.41, 5.74) is 6.73. The van der Waals surface area contributed by atoms with E-state index in [1.54, 1.807) is 6.20 Å². The van der Waals surface area contributed by atoms with Gasteiger partial charge < -0.3 is 30.6 Å². The number of nitrogens with two attached hydrogens (primary N) is 1. The molecule has 1 amide bonds. The van der Waals surface area contributed by atoms with E-state index < -0.39 is 52.8 Å². The van der Waals surface area contributed by atoms with Crippen LogP contribution in [-0.2, 0) is 26.2 Å². The van der Waals surface area contributed by atoms with Crippen LogP contribution < -0.4 is 20.7 Å². The number of hydrogen-bond donors (Lipinski definition) is 7. The number of rotatable bonds is 11. The largest absolute Gasteiger partial charge is 0.387 e. The fraction of sp³-hybridized carbons (Fsp3) is 0.481. The van der Waals surface area contributed by atoms with E-state index >= 15 is 0 Å². The molecule has 16 nitrogen and oxygen atoms in total. The van der Waals surface area contributed by atoms with Crippen molar-refractivity contribution in [3.8, 4) is 0 Å². The molecule has 4 heterocycles. The lowest BCUT2D eigenvalue weighted by Gasteiger charge is -2.16. The topological polar surface area (TPSA) is 234 Å². The summed E-state index contributed by atoms with van der Waals surface area (Å²) in [6.45, 7) is 9.67. The monoisotopic (exact) mass is 633 g/mol. The number of aliphatic hydroxyl groups is 2. The Bertz CT molecular complexity index is 1730. The van der Waals surface area contributed by atoms with Gasteiger partial charge in [0.25, 0.3) is 5.56 Å². The number of imidazole rings is 1. The second-order valence-electron chi connectivity index (χ2n) is 10.2. The standard InChI is InChI=1S/C21H24N8O7S.C6H15N/c22-21-26-18-15(19(33)27-21)24-9-29(18)20-17(32)16(31)13(36-20)8-25-37(34,35)28-14(30)6-5-10-7-23-12-4-2-1-3-11(10)12;1-4-7(5-2)6-3/h1-4,7,9,13,16-17,20,23,25,31-32H,5-6,8H2,(H,28,30)(H3,22,26,27,33);4-6H2,1-3H3/t13-,16-,17-,20-;/m1./s1. The highest BCUT2D eigenvalue weighted by molar-refractivity contribution is 7.88. The molecule has 240 valence electrons. The molecule has 0 bridgehead atoms. The van der Waals surface area contributed by atoms with Gasteiger partial charge in [-0.25, -0.2) is 9.71 Å². The Kier molecular flexibility index (Phi) is 10.7. The number of H-pyrrole nitrogens is 2. The number of amides is 1. The van der Waals surface area contributed by atoms with Crippen LogP contribution in [0.25, 0.3) is 22.1 Å². The molecular weight excluding hydrogens is 594 g/mol. The van der Waals surface area contributed by atoms with Gasteiger partial charge in [-0.15, -0.1) is 0 Å². The van der Waals surface area contributed by atoms with Crippen molar-refractivity contribution < 1.29 is 28.2 Å². The van der Waals surface area contributed by atoms with E-state index in [1.165, 1.54) is 30.5 Å². The summed E-state index contributed by atoms with van der Waals surface area (Å²) in [5, 5.41) is 21.9. The van der Waals surface area contributed by atoms with Crippen LogP contribution in [0.1, 0.15) is 39.0 Å². The minimum atomic E-state index is -4.28. The molecule has 0 aliphatic carbocycles. The maximum atomic E-state index is 12.4. The van der Waals surface area contributed by atoms with Gasteiger partial charge >= 0.3 is 10.2 Å². The zero-order valence-electron chi connectivity index (χ0n) is 24.7. The van der Waals surface area contributed by atoms with E-state index in [9.17, 15) is 28.2 Å². The normalized spacial score (nSPS) is 20.2. The first-order valence-electron chi connectivity index (χ1n) is 14.3. The number of aromatic amines is 2. The Morgan fingerprint density at radius 3 is 2.55 bits per heavy atom. The van der Waals surface area contributed by atoms with Gasteiger partial charge in [0, 0.05) is 30.1 Å². The SMILES string of the molecule is CCN(CC)CC.Nc1nc2c(ncn2[C@@H]2O[C@H](CNS(=O)(=O)NC(=O)CCc3c[nH]c4ccccc34)[C@@H](O)[C@H]2O)c(=O)[nH]1. The van der Waals surface area contributed by atoms with Crippen LogP contribution in [0.15, 0.2) is 41.6 Å².